The Hall–Kier alpha value is -2.66. The molecule has 1 aliphatic rings. The summed E-state index contributed by atoms with van der Waals surface area (Å²) >= 11 is 5.97. The highest BCUT2D eigenvalue weighted by atomic mass is 35.5. The Balaban J connectivity index is 1.99. The van der Waals surface area contributed by atoms with Crippen molar-refractivity contribution in [3.8, 4) is 0 Å². The van der Waals surface area contributed by atoms with E-state index in [4.69, 9.17) is 11.6 Å². The van der Waals surface area contributed by atoms with Crippen molar-refractivity contribution in [1.82, 2.24) is 14.9 Å². The van der Waals surface area contributed by atoms with Crippen LogP contribution in [0.2, 0.25) is 5.02 Å². The lowest BCUT2D eigenvalue weighted by atomic mass is 10.2. The molecule has 1 fully saturated rings. The summed E-state index contributed by atoms with van der Waals surface area (Å²) in [5.74, 6) is -0.117. The number of piperazine rings is 1. The molecule has 0 aliphatic carbocycles. The van der Waals surface area contributed by atoms with Crippen LogP contribution in [0.5, 0.6) is 0 Å². The molecule has 0 bridgehead atoms. The number of benzene rings is 1. The number of nitrogens with one attached hydrogen (secondary N) is 1. The molecular formula is C16H16ClF3N6O2. The van der Waals surface area contributed by atoms with Gasteiger partial charge in [0.2, 0.25) is 11.6 Å². The van der Waals surface area contributed by atoms with Gasteiger partial charge in [0.25, 0.3) is 0 Å². The molecule has 2 aromatic rings. The number of halogens is 4. The average molecular weight is 417 g/mol. The molecule has 1 aromatic carbocycles. The molecule has 1 aromatic heterocycles. The van der Waals surface area contributed by atoms with Gasteiger partial charge in [0.1, 0.15) is 6.33 Å². The molecule has 8 nitrogen and oxygen atoms in total. The zero-order valence-electron chi connectivity index (χ0n) is 14.7. The normalized spacial score (nSPS) is 15.5. The van der Waals surface area contributed by atoms with Crippen molar-refractivity contribution in [3.05, 3.63) is 45.2 Å². The third kappa shape index (κ3) is 4.25. The maximum absolute atomic E-state index is 13.0. The van der Waals surface area contributed by atoms with Gasteiger partial charge in [-0.3, -0.25) is 10.1 Å². The van der Waals surface area contributed by atoms with Gasteiger partial charge in [-0.2, -0.15) is 13.2 Å². The predicted octanol–water partition coefficient (Wildman–Crippen LogP) is 3.55. The van der Waals surface area contributed by atoms with Crippen molar-refractivity contribution < 1.29 is 18.1 Å². The molecule has 12 heteroatoms. The first-order valence-corrected chi connectivity index (χ1v) is 8.61. The summed E-state index contributed by atoms with van der Waals surface area (Å²) in [7, 11) is 1.94. The second kappa shape index (κ2) is 7.76. The number of alkyl halides is 3. The minimum atomic E-state index is -4.58. The van der Waals surface area contributed by atoms with Gasteiger partial charge in [0, 0.05) is 26.2 Å². The first kappa shape index (κ1) is 20.1. The molecule has 28 heavy (non-hydrogen) atoms. The summed E-state index contributed by atoms with van der Waals surface area (Å²) in [5, 5.41) is 14.2. The second-order valence-corrected chi connectivity index (χ2v) is 6.67. The van der Waals surface area contributed by atoms with Gasteiger partial charge in [-0.25, -0.2) is 9.97 Å². The van der Waals surface area contributed by atoms with E-state index in [9.17, 15) is 23.3 Å². The van der Waals surface area contributed by atoms with E-state index in [0.29, 0.717) is 26.2 Å². The number of nitro groups is 1. The summed E-state index contributed by atoms with van der Waals surface area (Å²) in [6, 6.07) is 2.68. The summed E-state index contributed by atoms with van der Waals surface area (Å²) in [6.45, 7) is 2.45. The Morgan fingerprint density at radius 3 is 2.50 bits per heavy atom. The van der Waals surface area contributed by atoms with Gasteiger partial charge in [-0.05, 0) is 25.2 Å². The van der Waals surface area contributed by atoms with E-state index in [-0.39, 0.29) is 22.3 Å². The van der Waals surface area contributed by atoms with Gasteiger partial charge >= 0.3 is 11.9 Å². The van der Waals surface area contributed by atoms with E-state index in [1.54, 1.807) is 4.90 Å². The second-order valence-electron chi connectivity index (χ2n) is 6.26. The predicted molar refractivity (Wildman–Crippen MR) is 98.1 cm³/mol. The summed E-state index contributed by atoms with van der Waals surface area (Å²) in [5.41, 5.74) is -1.49. The lowest BCUT2D eigenvalue weighted by Gasteiger charge is -2.32. The van der Waals surface area contributed by atoms with Crippen LogP contribution in [0.4, 0.5) is 36.2 Å². The van der Waals surface area contributed by atoms with Crippen molar-refractivity contribution in [2.45, 2.75) is 6.18 Å². The number of rotatable bonds is 4. The Morgan fingerprint density at radius 1 is 1.21 bits per heavy atom. The number of anilines is 3. The van der Waals surface area contributed by atoms with Crippen molar-refractivity contribution in [1.29, 1.82) is 0 Å². The zero-order valence-corrected chi connectivity index (χ0v) is 15.5. The maximum Gasteiger partial charge on any atom is 0.416 e. The van der Waals surface area contributed by atoms with Crippen molar-refractivity contribution in [2.75, 3.05) is 43.4 Å². The van der Waals surface area contributed by atoms with Crippen LogP contribution in [0.15, 0.2) is 24.5 Å². The Morgan fingerprint density at radius 2 is 1.89 bits per heavy atom. The SMILES string of the molecule is CN1CCN(c2ncnc(Nc3cc(C(F)(F)F)ccc3Cl)c2[N+](=O)[O-])CC1. The minimum absolute atomic E-state index is 0.0259. The van der Waals surface area contributed by atoms with Crippen molar-refractivity contribution >= 4 is 34.6 Å². The van der Waals surface area contributed by atoms with Crippen molar-refractivity contribution in [3.63, 3.8) is 0 Å². The lowest BCUT2D eigenvalue weighted by molar-refractivity contribution is -0.383. The number of nitrogens with zero attached hydrogens (tertiary/aromatic N) is 5. The number of hydrogen-bond acceptors (Lipinski definition) is 7. The smallest absolute Gasteiger partial charge is 0.348 e. The maximum atomic E-state index is 13.0. The van der Waals surface area contributed by atoms with Crippen LogP contribution in [-0.2, 0) is 6.18 Å². The molecule has 2 heterocycles. The van der Waals surface area contributed by atoms with Crippen LogP contribution >= 0.6 is 11.6 Å². The first-order valence-electron chi connectivity index (χ1n) is 8.23. The number of likely N-dealkylation sites (N-methyl/N-ethyl adjacent to an activating group) is 1. The van der Waals surface area contributed by atoms with E-state index in [1.165, 1.54) is 0 Å². The average Bonchev–Trinajstić information content (AvgIpc) is 2.63. The van der Waals surface area contributed by atoms with E-state index < -0.39 is 22.4 Å². The Labute approximate surface area is 163 Å². The minimum Gasteiger partial charge on any atom is -0.348 e. The van der Waals surface area contributed by atoms with Gasteiger partial charge in [-0.1, -0.05) is 11.6 Å². The van der Waals surface area contributed by atoms with Crippen LogP contribution < -0.4 is 10.2 Å². The fourth-order valence-corrected chi connectivity index (χ4v) is 2.97. The Bertz CT molecular complexity index is 887. The molecule has 0 amide bonds. The highest BCUT2D eigenvalue weighted by Gasteiger charge is 2.32. The molecule has 1 aliphatic heterocycles. The molecule has 1 saturated heterocycles. The van der Waals surface area contributed by atoms with Gasteiger partial charge in [0.05, 0.1) is 21.2 Å². The lowest BCUT2D eigenvalue weighted by Crippen LogP contribution is -2.45. The summed E-state index contributed by atoms with van der Waals surface area (Å²) in [6.07, 6.45) is -3.45. The molecule has 0 unspecified atom stereocenters. The zero-order chi connectivity index (χ0) is 20.5. The molecule has 1 N–H and O–H groups in total. The van der Waals surface area contributed by atoms with Crippen LogP contribution in [0.3, 0.4) is 0 Å². The van der Waals surface area contributed by atoms with Crippen LogP contribution in [-0.4, -0.2) is 53.0 Å². The van der Waals surface area contributed by atoms with E-state index in [2.05, 4.69) is 20.2 Å². The first-order chi connectivity index (χ1) is 13.2. The monoisotopic (exact) mass is 416 g/mol. The summed E-state index contributed by atoms with van der Waals surface area (Å²) in [4.78, 5) is 22.7. The standard InChI is InChI=1S/C16H16ClF3N6O2/c1-24-4-6-25(7-5-24)15-13(26(27)28)14(21-9-22-15)23-12-8-10(16(18,19)20)2-3-11(12)17/h2-3,8-9H,4-7H2,1H3,(H,21,22,23). The third-order valence-corrected chi connectivity index (χ3v) is 4.66. The van der Waals surface area contributed by atoms with Crippen LogP contribution in [0.1, 0.15) is 5.56 Å². The molecule has 0 saturated carbocycles. The van der Waals surface area contributed by atoms with E-state index in [0.717, 1.165) is 24.5 Å². The topological polar surface area (TPSA) is 87.4 Å². The van der Waals surface area contributed by atoms with Gasteiger partial charge in [-0.15, -0.1) is 0 Å². The molecular weight excluding hydrogens is 401 g/mol. The highest BCUT2D eigenvalue weighted by Crippen LogP contribution is 2.38. The molecule has 3 rings (SSSR count). The number of hydrogen-bond donors (Lipinski definition) is 1. The molecule has 0 spiro atoms. The van der Waals surface area contributed by atoms with Gasteiger partial charge < -0.3 is 15.1 Å². The van der Waals surface area contributed by atoms with Crippen molar-refractivity contribution in [2.24, 2.45) is 0 Å². The largest absolute Gasteiger partial charge is 0.416 e. The van der Waals surface area contributed by atoms with E-state index >= 15 is 0 Å². The quantitative estimate of drug-likeness (QED) is 0.602. The highest BCUT2D eigenvalue weighted by molar-refractivity contribution is 6.33. The van der Waals surface area contributed by atoms with Gasteiger partial charge in [0.15, 0.2) is 0 Å². The van der Waals surface area contributed by atoms with E-state index in [1.807, 2.05) is 7.05 Å². The fourth-order valence-electron chi connectivity index (χ4n) is 2.80. The van der Waals surface area contributed by atoms with Crippen LogP contribution in [0.25, 0.3) is 0 Å². The molecule has 150 valence electrons. The molecule has 0 radical (unpaired) electrons. The fraction of sp³-hybridized carbons (Fsp3) is 0.375. The van der Waals surface area contributed by atoms with Crippen LogP contribution in [0, 0.1) is 10.1 Å². The summed E-state index contributed by atoms with van der Waals surface area (Å²) < 4.78 is 38.9. The Kier molecular flexibility index (Phi) is 5.57. The third-order valence-electron chi connectivity index (χ3n) is 4.34. The molecule has 0 atom stereocenters. The number of aromatic nitrogens is 2.